The fourth-order valence-electron chi connectivity index (χ4n) is 1.70. The van der Waals surface area contributed by atoms with E-state index in [0.717, 1.165) is 21.0 Å². The normalized spacial score (nSPS) is 10.4. The third-order valence-corrected chi connectivity index (χ3v) is 4.49. The lowest BCUT2D eigenvalue weighted by molar-refractivity contribution is 0.102. The van der Waals surface area contributed by atoms with E-state index in [9.17, 15) is 4.79 Å². The number of hydrogen-bond donors (Lipinski definition) is 2. The largest absolute Gasteiger partial charge is 0.396 e. The van der Waals surface area contributed by atoms with Gasteiger partial charge in [-0.2, -0.15) is 0 Å². The lowest BCUT2D eigenvalue weighted by atomic mass is 10.1. The highest BCUT2D eigenvalue weighted by atomic mass is 32.2. The van der Waals surface area contributed by atoms with Crippen LogP contribution in [-0.2, 0) is 6.42 Å². The Balaban J connectivity index is 2.06. The van der Waals surface area contributed by atoms with Crippen molar-refractivity contribution in [2.75, 3.05) is 18.2 Å². The van der Waals surface area contributed by atoms with E-state index >= 15 is 0 Å². The minimum atomic E-state index is -0.0748. The molecular formula is C14H15NO2S2. The quantitative estimate of drug-likeness (QED) is 0.832. The second-order valence-electron chi connectivity index (χ2n) is 3.94. The van der Waals surface area contributed by atoms with Crippen LogP contribution in [0.15, 0.2) is 40.6 Å². The van der Waals surface area contributed by atoms with Crippen LogP contribution in [0.25, 0.3) is 0 Å². The smallest absolute Gasteiger partial charge is 0.266 e. The number of nitrogens with one attached hydrogen (secondary N) is 1. The van der Waals surface area contributed by atoms with Crippen molar-refractivity contribution in [3.63, 3.8) is 0 Å². The summed E-state index contributed by atoms with van der Waals surface area (Å²) >= 11 is 3.02. The van der Waals surface area contributed by atoms with Gasteiger partial charge >= 0.3 is 0 Å². The molecule has 0 fully saturated rings. The van der Waals surface area contributed by atoms with Crippen molar-refractivity contribution < 1.29 is 9.90 Å². The van der Waals surface area contributed by atoms with Gasteiger partial charge in [-0.15, -0.1) is 23.1 Å². The monoisotopic (exact) mass is 293 g/mol. The fourth-order valence-corrected chi connectivity index (χ4v) is 3.34. The molecule has 0 aliphatic rings. The van der Waals surface area contributed by atoms with E-state index in [-0.39, 0.29) is 12.5 Å². The first kappa shape index (κ1) is 14.1. The predicted molar refractivity (Wildman–Crippen MR) is 81.3 cm³/mol. The van der Waals surface area contributed by atoms with Gasteiger partial charge in [0.25, 0.3) is 5.91 Å². The van der Waals surface area contributed by atoms with Gasteiger partial charge in [-0.05, 0) is 41.8 Å². The minimum absolute atomic E-state index is 0.0748. The highest BCUT2D eigenvalue weighted by Crippen LogP contribution is 2.26. The molecule has 2 N–H and O–H groups in total. The maximum atomic E-state index is 12.1. The number of thioether (sulfide) groups is 1. The maximum absolute atomic E-state index is 12.1. The summed E-state index contributed by atoms with van der Waals surface area (Å²) in [5.74, 6) is -0.0748. The third kappa shape index (κ3) is 3.59. The van der Waals surface area contributed by atoms with Gasteiger partial charge in [-0.25, -0.2) is 0 Å². The van der Waals surface area contributed by atoms with Crippen LogP contribution in [0.4, 0.5) is 5.69 Å². The minimum Gasteiger partial charge on any atom is -0.396 e. The number of amides is 1. The molecule has 0 aliphatic carbocycles. The topological polar surface area (TPSA) is 49.3 Å². The number of rotatable bonds is 5. The van der Waals surface area contributed by atoms with Gasteiger partial charge in [-0.3, -0.25) is 4.79 Å². The summed E-state index contributed by atoms with van der Waals surface area (Å²) in [7, 11) is 0. The van der Waals surface area contributed by atoms with Gasteiger partial charge in [-0.1, -0.05) is 12.1 Å². The van der Waals surface area contributed by atoms with E-state index in [1.807, 2.05) is 42.0 Å². The van der Waals surface area contributed by atoms with Crippen LogP contribution in [0, 0.1) is 0 Å². The number of thiophene rings is 1. The fraction of sp³-hybridized carbons (Fsp3) is 0.214. The van der Waals surface area contributed by atoms with Gasteiger partial charge in [0.1, 0.15) is 4.88 Å². The Labute approximate surface area is 120 Å². The van der Waals surface area contributed by atoms with Crippen molar-refractivity contribution in [1.29, 1.82) is 0 Å². The van der Waals surface area contributed by atoms with Gasteiger partial charge in [0, 0.05) is 17.2 Å². The van der Waals surface area contributed by atoms with Crippen LogP contribution < -0.4 is 5.32 Å². The highest BCUT2D eigenvalue weighted by Gasteiger charge is 2.12. The van der Waals surface area contributed by atoms with Crippen LogP contribution in [0.5, 0.6) is 0 Å². The van der Waals surface area contributed by atoms with E-state index < -0.39 is 0 Å². The standard InChI is InChI=1S/C14H15NO2S2/c1-18-12-7-9-19-13(12)14(17)15-11-4-2-10(3-5-11)6-8-16/h2-5,7,9,16H,6,8H2,1H3,(H,15,17). The number of aliphatic hydroxyl groups excluding tert-OH is 1. The number of aliphatic hydroxyl groups is 1. The molecule has 2 rings (SSSR count). The number of benzene rings is 1. The van der Waals surface area contributed by atoms with Crippen molar-refractivity contribution >= 4 is 34.7 Å². The molecule has 0 saturated carbocycles. The van der Waals surface area contributed by atoms with Crippen molar-refractivity contribution in [2.45, 2.75) is 11.3 Å². The van der Waals surface area contributed by atoms with E-state index in [4.69, 9.17) is 5.11 Å². The zero-order valence-electron chi connectivity index (χ0n) is 10.6. The van der Waals surface area contributed by atoms with Crippen molar-refractivity contribution in [3.8, 4) is 0 Å². The zero-order chi connectivity index (χ0) is 13.7. The average molecular weight is 293 g/mol. The van der Waals surface area contributed by atoms with Gasteiger partial charge in [0.15, 0.2) is 0 Å². The summed E-state index contributed by atoms with van der Waals surface area (Å²) in [5.41, 5.74) is 1.83. The molecule has 5 heteroatoms. The second kappa shape index (κ2) is 6.75. The lowest BCUT2D eigenvalue weighted by Crippen LogP contribution is -2.11. The number of carbonyl (C=O) groups is 1. The number of carbonyl (C=O) groups excluding carboxylic acids is 1. The molecule has 1 aromatic heterocycles. The Hall–Kier alpha value is -1.30. The van der Waals surface area contributed by atoms with Crippen LogP contribution in [-0.4, -0.2) is 23.9 Å². The Morgan fingerprint density at radius 2 is 2.05 bits per heavy atom. The molecule has 1 aromatic carbocycles. The molecular weight excluding hydrogens is 278 g/mol. The molecule has 0 bridgehead atoms. The van der Waals surface area contributed by atoms with Crippen LogP contribution >= 0.6 is 23.1 Å². The number of anilines is 1. The Bertz CT molecular complexity index is 549. The lowest BCUT2D eigenvalue weighted by Gasteiger charge is -2.06. The average Bonchev–Trinajstić information content (AvgIpc) is 2.90. The Morgan fingerprint density at radius 1 is 1.32 bits per heavy atom. The molecule has 1 amide bonds. The molecule has 1 heterocycles. The van der Waals surface area contributed by atoms with Crippen molar-refractivity contribution in [2.24, 2.45) is 0 Å². The van der Waals surface area contributed by atoms with Crippen molar-refractivity contribution in [3.05, 3.63) is 46.2 Å². The Morgan fingerprint density at radius 3 is 2.68 bits per heavy atom. The van der Waals surface area contributed by atoms with Gasteiger partial charge < -0.3 is 10.4 Å². The summed E-state index contributed by atoms with van der Waals surface area (Å²) < 4.78 is 0. The first-order valence-electron chi connectivity index (χ1n) is 5.87. The van der Waals surface area contributed by atoms with Gasteiger partial charge in [0.05, 0.1) is 0 Å². The summed E-state index contributed by atoms with van der Waals surface area (Å²) in [6, 6.07) is 9.49. The molecule has 0 saturated heterocycles. The molecule has 19 heavy (non-hydrogen) atoms. The first-order valence-corrected chi connectivity index (χ1v) is 7.97. The summed E-state index contributed by atoms with van der Waals surface area (Å²) in [4.78, 5) is 13.9. The summed E-state index contributed by atoms with van der Waals surface area (Å²) in [6.45, 7) is 0.137. The van der Waals surface area contributed by atoms with Crippen LogP contribution in [0.1, 0.15) is 15.2 Å². The maximum Gasteiger partial charge on any atom is 0.266 e. The molecule has 100 valence electrons. The highest BCUT2D eigenvalue weighted by molar-refractivity contribution is 7.98. The molecule has 0 aliphatic heterocycles. The second-order valence-corrected chi connectivity index (χ2v) is 5.71. The molecule has 3 nitrogen and oxygen atoms in total. The summed E-state index contributed by atoms with van der Waals surface area (Å²) in [6.07, 6.45) is 2.60. The van der Waals surface area contributed by atoms with Crippen LogP contribution in [0.2, 0.25) is 0 Å². The zero-order valence-corrected chi connectivity index (χ0v) is 12.2. The first-order chi connectivity index (χ1) is 9.24. The molecule has 0 unspecified atom stereocenters. The molecule has 0 radical (unpaired) electrons. The number of hydrogen-bond acceptors (Lipinski definition) is 4. The van der Waals surface area contributed by atoms with E-state index in [0.29, 0.717) is 6.42 Å². The van der Waals surface area contributed by atoms with Crippen LogP contribution in [0.3, 0.4) is 0 Å². The molecule has 0 atom stereocenters. The predicted octanol–water partition coefficient (Wildman–Crippen LogP) is 3.26. The Kier molecular flexibility index (Phi) is 5.01. The molecule has 2 aromatic rings. The van der Waals surface area contributed by atoms with Gasteiger partial charge in [0.2, 0.25) is 0 Å². The van der Waals surface area contributed by atoms with E-state index in [1.165, 1.54) is 11.3 Å². The molecule has 0 spiro atoms. The SMILES string of the molecule is CSc1ccsc1C(=O)Nc1ccc(CCO)cc1. The van der Waals surface area contributed by atoms with Crippen molar-refractivity contribution in [1.82, 2.24) is 0 Å². The van der Waals surface area contributed by atoms with E-state index in [1.54, 1.807) is 11.8 Å². The van der Waals surface area contributed by atoms with E-state index in [2.05, 4.69) is 5.32 Å². The third-order valence-electron chi connectivity index (χ3n) is 2.67. The summed E-state index contributed by atoms with van der Waals surface area (Å²) in [5, 5.41) is 13.7.